The minimum atomic E-state index is 0.517. The van der Waals surface area contributed by atoms with Gasteiger partial charge in [0, 0.05) is 17.1 Å². The molecule has 18 heavy (non-hydrogen) atoms. The van der Waals surface area contributed by atoms with Crippen LogP contribution in [0.15, 0.2) is 42.5 Å². The fourth-order valence-corrected chi connectivity index (χ4v) is 2.09. The lowest BCUT2D eigenvalue weighted by molar-refractivity contribution is 0.322. The van der Waals surface area contributed by atoms with E-state index in [9.17, 15) is 0 Å². The Labute approximate surface area is 116 Å². The number of ether oxygens (including phenoxy) is 1. The van der Waals surface area contributed by atoms with Crippen molar-refractivity contribution in [1.82, 2.24) is 0 Å². The second-order valence-corrected chi connectivity index (χ2v) is 4.72. The molecule has 0 saturated heterocycles. The second kappa shape index (κ2) is 5.98. The third-order valence-corrected chi connectivity index (χ3v) is 3.11. The molecule has 2 aromatic rings. The quantitative estimate of drug-likeness (QED) is 0.853. The summed E-state index contributed by atoms with van der Waals surface area (Å²) >= 11 is 11.8. The van der Waals surface area contributed by atoms with Crippen LogP contribution in [0.3, 0.4) is 0 Å². The smallest absolute Gasteiger partial charge is 0.137 e. The molecule has 0 saturated carbocycles. The van der Waals surface area contributed by atoms with Crippen molar-refractivity contribution in [2.45, 2.75) is 6.42 Å². The Balaban J connectivity index is 1.95. The molecule has 2 rings (SSSR count). The van der Waals surface area contributed by atoms with Crippen molar-refractivity contribution in [2.75, 3.05) is 12.3 Å². The SMILES string of the molecule is Nc1ccccc1CCOc1ccc(Cl)cc1Cl. The summed E-state index contributed by atoms with van der Waals surface area (Å²) in [6.07, 6.45) is 0.742. The molecule has 0 amide bonds. The molecule has 0 unspecified atom stereocenters. The summed E-state index contributed by atoms with van der Waals surface area (Å²) in [5.74, 6) is 0.635. The van der Waals surface area contributed by atoms with Crippen LogP contribution >= 0.6 is 23.2 Å². The molecule has 2 N–H and O–H groups in total. The summed E-state index contributed by atoms with van der Waals surface area (Å²) in [5.41, 5.74) is 7.70. The zero-order valence-corrected chi connectivity index (χ0v) is 11.2. The summed E-state index contributed by atoms with van der Waals surface area (Å²) in [6.45, 7) is 0.523. The number of benzene rings is 2. The number of nitrogens with two attached hydrogens (primary N) is 1. The van der Waals surface area contributed by atoms with Crippen molar-refractivity contribution in [2.24, 2.45) is 0 Å². The van der Waals surface area contributed by atoms with Crippen LogP contribution in [0.25, 0.3) is 0 Å². The van der Waals surface area contributed by atoms with Crippen LogP contribution in [0, 0.1) is 0 Å². The van der Waals surface area contributed by atoms with E-state index in [0.29, 0.717) is 22.4 Å². The summed E-state index contributed by atoms with van der Waals surface area (Å²) in [5, 5.41) is 1.11. The molecule has 0 aliphatic rings. The van der Waals surface area contributed by atoms with Gasteiger partial charge in [-0.25, -0.2) is 0 Å². The maximum Gasteiger partial charge on any atom is 0.137 e. The molecular formula is C14H13Cl2NO. The van der Waals surface area contributed by atoms with Gasteiger partial charge in [0.05, 0.1) is 11.6 Å². The Morgan fingerprint density at radius 3 is 2.56 bits per heavy atom. The highest BCUT2D eigenvalue weighted by Gasteiger charge is 2.03. The Morgan fingerprint density at radius 1 is 1.06 bits per heavy atom. The number of rotatable bonds is 4. The highest BCUT2D eigenvalue weighted by atomic mass is 35.5. The van der Waals surface area contributed by atoms with E-state index in [1.54, 1.807) is 18.2 Å². The molecule has 0 radical (unpaired) electrons. The number of halogens is 2. The zero-order chi connectivity index (χ0) is 13.0. The minimum Gasteiger partial charge on any atom is -0.492 e. The van der Waals surface area contributed by atoms with Gasteiger partial charge in [0.1, 0.15) is 5.75 Å². The van der Waals surface area contributed by atoms with E-state index in [2.05, 4.69) is 0 Å². The van der Waals surface area contributed by atoms with E-state index in [1.807, 2.05) is 24.3 Å². The van der Waals surface area contributed by atoms with Gasteiger partial charge >= 0.3 is 0 Å². The van der Waals surface area contributed by atoms with Gasteiger partial charge in [-0.2, -0.15) is 0 Å². The van der Waals surface area contributed by atoms with E-state index >= 15 is 0 Å². The van der Waals surface area contributed by atoms with Crippen LogP contribution in [0.1, 0.15) is 5.56 Å². The second-order valence-electron chi connectivity index (χ2n) is 3.87. The minimum absolute atomic E-state index is 0.517. The van der Waals surface area contributed by atoms with Crippen molar-refractivity contribution in [3.05, 3.63) is 58.1 Å². The fourth-order valence-electron chi connectivity index (χ4n) is 1.63. The van der Waals surface area contributed by atoms with Crippen molar-refractivity contribution in [3.8, 4) is 5.75 Å². The van der Waals surface area contributed by atoms with Crippen LogP contribution in [-0.4, -0.2) is 6.61 Å². The molecule has 0 heterocycles. The highest BCUT2D eigenvalue weighted by Crippen LogP contribution is 2.27. The van der Waals surface area contributed by atoms with Gasteiger partial charge in [0.2, 0.25) is 0 Å². The Kier molecular flexibility index (Phi) is 4.34. The largest absolute Gasteiger partial charge is 0.492 e. The Bertz CT molecular complexity index is 543. The first-order valence-corrected chi connectivity index (χ1v) is 6.33. The van der Waals surface area contributed by atoms with Crippen LogP contribution < -0.4 is 10.5 Å². The predicted molar refractivity (Wildman–Crippen MR) is 76.5 cm³/mol. The Hall–Kier alpha value is -1.38. The maximum atomic E-state index is 6.01. The average molecular weight is 282 g/mol. The highest BCUT2D eigenvalue weighted by molar-refractivity contribution is 6.35. The maximum absolute atomic E-state index is 6.01. The summed E-state index contributed by atoms with van der Waals surface area (Å²) < 4.78 is 5.60. The molecule has 0 aliphatic heterocycles. The van der Waals surface area contributed by atoms with E-state index in [1.165, 1.54) is 0 Å². The number of nitrogen functional groups attached to an aromatic ring is 1. The molecule has 0 bridgehead atoms. The fraction of sp³-hybridized carbons (Fsp3) is 0.143. The lowest BCUT2D eigenvalue weighted by Crippen LogP contribution is -2.04. The first kappa shape index (κ1) is 13.1. The van der Waals surface area contributed by atoms with E-state index in [0.717, 1.165) is 17.7 Å². The summed E-state index contributed by atoms with van der Waals surface area (Å²) in [7, 11) is 0. The lowest BCUT2D eigenvalue weighted by Gasteiger charge is -2.09. The van der Waals surface area contributed by atoms with Crippen molar-refractivity contribution >= 4 is 28.9 Å². The molecule has 94 valence electrons. The van der Waals surface area contributed by atoms with Gasteiger partial charge in [-0.1, -0.05) is 41.4 Å². The van der Waals surface area contributed by atoms with E-state index in [-0.39, 0.29) is 0 Å². The molecular weight excluding hydrogens is 269 g/mol. The third-order valence-electron chi connectivity index (χ3n) is 2.58. The molecule has 0 aromatic heterocycles. The topological polar surface area (TPSA) is 35.2 Å². The third kappa shape index (κ3) is 3.31. The lowest BCUT2D eigenvalue weighted by atomic mass is 10.1. The molecule has 0 spiro atoms. The van der Waals surface area contributed by atoms with Crippen molar-refractivity contribution in [3.63, 3.8) is 0 Å². The molecule has 2 nitrogen and oxygen atoms in total. The van der Waals surface area contributed by atoms with Crippen LogP contribution in [-0.2, 0) is 6.42 Å². The number of anilines is 1. The number of hydrogen-bond acceptors (Lipinski definition) is 2. The van der Waals surface area contributed by atoms with Crippen LogP contribution in [0.4, 0.5) is 5.69 Å². The van der Waals surface area contributed by atoms with Gasteiger partial charge in [0.15, 0.2) is 0 Å². The van der Waals surface area contributed by atoms with Crippen LogP contribution in [0.5, 0.6) is 5.75 Å². The van der Waals surface area contributed by atoms with Gasteiger partial charge in [-0.05, 0) is 29.8 Å². The molecule has 0 atom stereocenters. The Morgan fingerprint density at radius 2 is 1.83 bits per heavy atom. The van der Waals surface area contributed by atoms with Crippen molar-refractivity contribution in [1.29, 1.82) is 0 Å². The average Bonchev–Trinajstić information content (AvgIpc) is 2.34. The van der Waals surface area contributed by atoms with Gasteiger partial charge < -0.3 is 10.5 Å². The number of hydrogen-bond donors (Lipinski definition) is 1. The van der Waals surface area contributed by atoms with Gasteiger partial charge in [-0.15, -0.1) is 0 Å². The molecule has 2 aromatic carbocycles. The van der Waals surface area contributed by atoms with Crippen molar-refractivity contribution < 1.29 is 4.74 Å². The zero-order valence-electron chi connectivity index (χ0n) is 9.70. The van der Waals surface area contributed by atoms with E-state index in [4.69, 9.17) is 33.7 Å². The predicted octanol–water partition coefficient (Wildman–Crippen LogP) is 4.20. The molecule has 4 heteroatoms. The normalized spacial score (nSPS) is 10.3. The van der Waals surface area contributed by atoms with Gasteiger partial charge in [0.25, 0.3) is 0 Å². The monoisotopic (exact) mass is 281 g/mol. The van der Waals surface area contributed by atoms with Crippen LogP contribution in [0.2, 0.25) is 10.0 Å². The van der Waals surface area contributed by atoms with Gasteiger partial charge in [-0.3, -0.25) is 0 Å². The summed E-state index contributed by atoms with van der Waals surface area (Å²) in [4.78, 5) is 0. The molecule has 0 aliphatic carbocycles. The first-order valence-electron chi connectivity index (χ1n) is 5.58. The molecule has 0 fully saturated rings. The first-order chi connectivity index (χ1) is 8.66. The standard InChI is InChI=1S/C14H13Cl2NO/c15-11-5-6-14(12(16)9-11)18-8-7-10-3-1-2-4-13(10)17/h1-6,9H,7-8,17H2. The summed E-state index contributed by atoms with van der Waals surface area (Å²) in [6, 6.07) is 12.9. The number of para-hydroxylation sites is 1. The van der Waals surface area contributed by atoms with E-state index < -0.39 is 0 Å².